The molecule has 1 unspecified atom stereocenters. The molecule has 1 atom stereocenters. The standard InChI is InChI=1S/C43H37N3/c1-29(2)35-25-26-37-36-23-12-13-24-40(36)46(42(37)41(35)32-19-10-5-11-20-32)43-44-38(31-17-8-4-9-18-31)28-39(45-43)34-22-14-21-33(27-34)30-15-6-3-7-16-30/h4-6,8-29,43-44H,3,7H2,1-2H3. The molecule has 1 aliphatic heterocycles. The van der Waals surface area contributed by atoms with Crippen LogP contribution in [0.15, 0.2) is 151 Å². The molecular formula is C43H37N3. The molecule has 5 aromatic carbocycles. The molecule has 8 rings (SSSR count). The Morgan fingerprint density at radius 1 is 0.696 bits per heavy atom. The van der Waals surface area contributed by atoms with E-state index in [1.807, 2.05) is 0 Å². The Morgan fingerprint density at radius 3 is 2.17 bits per heavy atom. The molecule has 0 saturated heterocycles. The first kappa shape index (κ1) is 28.1. The molecule has 2 heterocycles. The highest BCUT2D eigenvalue weighted by Gasteiger charge is 2.26. The molecule has 0 fully saturated rings. The maximum atomic E-state index is 5.52. The smallest absolute Gasteiger partial charge is 0.201 e. The largest absolute Gasteiger partial charge is 0.346 e. The van der Waals surface area contributed by atoms with Crippen molar-refractivity contribution in [2.45, 2.75) is 38.9 Å². The van der Waals surface area contributed by atoms with Crippen LogP contribution in [0.1, 0.15) is 61.2 Å². The number of para-hydroxylation sites is 1. The molecule has 1 N–H and O–H groups in total. The summed E-state index contributed by atoms with van der Waals surface area (Å²) in [6.07, 6.45) is 10.9. The van der Waals surface area contributed by atoms with Gasteiger partial charge in [-0.3, -0.25) is 0 Å². The number of allylic oxidation sites excluding steroid dienone is 5. The Hall–Kier alpha value is -5.41. The number of hydrogen-bond donors (Lipinski definition) is 1. The van der Waals surface area contributed by atoms with Gasteiger partial charge >= 0.3 is 0 Å². The van der Waals surface area contributed by atoms with Crippen LogP contribution in [0.4, 0.5) is 0 Å². The lowest BCUT2D eigenvalue weighted by Crippen LogP contribution is -2.29. The third-order valence-corrected chi connectivity index (χ3v) is 9.23. The molecule has 3 heteroatoms. The average Bonchev–Trinajstić information content (AvgIpc) is 3.46. The number of benzene rings is 5. The molecule has 0 spiro atoms. The predicted octanol–water partition coefficient (Wildman–Crippen LogP) is 10.9. The zero-order chi connectivity index (χ0) is 31.0. The van der Waals surface area contributed by atoms with Crippen LogP contribution in [-0.4, -0.2) is 10.3 Å². The number of nitrogens with one attached hydrogen (secondary N) is 1. The molecule has 224 valence electrons. The number of aromatic nitrogens is 1. The summed E-state index contributed by atoms with van der Waals surface area (Å²) in [6, 6.07) is 43.7. The molecule has 46 heavy (non-hydrogen) atoms. The summed E-state index contributed by atoms with van der Waals surface area (Å²) < 4.78 is 2.44. The van der Waals surface area contributed by atoms with Crippen molar-refractivity contribution in [3.05, 3.63) is 168 Å². The van der Waals surface area contributed by atoms with Crippen LogP contribution in [0.25, 0.3) is 44.2 Å². The monoisotopic (exact) mass is 595 g/mol. The topological polar surface area (TPSA) is 29.3 Å². The summed E-state index contributed by atoms with van der Waals surface area (Å²) in [6.45, 7) is 4.58. The van der Waals surface area contributed by atoms with Gasteiger partial charge in [-0.1, -0.05) is 141 Å². The summed E-state index contributed by atoms with van der Waals surface area (Å²) >= 11 is 0. The fourth-order valence-corrected chi connectivity index (χ4v) is 7.02. The van der Waals surface area contributed by atoms with E-state index in [-0.39, 0.29) is 6.29 Å². The van der Waals surface area contributed by atoms with Crippen LogP contribution in [0.2, 0.25) is 0 Å². The molecule has 0 radical (unpaired) electrons. The minimum Gasteiger partial charge on any atom is -0.346 e. The lowest BCUT2D eigenvalue weighted by Gasteiger charge is -2.28. The van der Waals surface area contributed by atoms with Crippen LogP contribution in [-0.2, 0) is 0 Å². The van der Waals surface area contributed by atoms with Crippen LogP contribution in [0.3, 0.4) is 0 Å². The number of rotatable bonds is 6. The molecule has 6 aromatic rings. The summed E-state index contributed by atoms with van der Waals surface area (Å²) in [5.74, 6) is 0.357. The third kappa shape index (κ3) is 4.98. The Kier molecular flexibility index (Phi) is 7.23. The van der Waals surface area contributed by atoms with Crippen molar-refractivity contribution in [2.75, 3.05) is 0 Å². The van der Waals surface area contributed by atoms with Gasteiger partial charge in [0.2, 0.25) is 6.29 Å². The maximum absolute atomic E-state index is 5.52. The second-order valence-electron chi connectivity index (χ2n) is 12.5. The van der Waals surface area contributed by atoms with E-state index in [1.54, 1.807) is 0 Å². The zero-order valence-corrected chi connectivity index (χ0v) is 26.3. The van der Waals surface area contributed by atoms with Gasteiger partial charge in [0.1, 0.15) is 0 Å². The molecule has 3 nitrogen and oxygen atoms in total. The highest BCUT2D eigenvalue weighted by molar-refractivity contribution is 6.15. The molecule has 0 bridgehead atoms. The van der Waals surface area contributed by atoms with Crippen molar-refractivity contribution in [2.24, 2.45) is 4.99 Å². The van der Waals surface area contributed by atoms with Gasteiger partial charge in [-0.05, 0) is 64.8 Å². The number of nitrogens with zero attached hydrogens (tertiary/aromatic N) is 2. The van der Waals surface area contributed by atoms with Crippen molar-refractivity contribution in [3.63, 3.8) is 0 Å². The van der Waals surface area contributed by atoms with Crippen LogP contribution in [0, 0.1) is 0 Å². The highest BCUT2D eigenvalue weighted by Crippen LogP contribution is 2.42. The number of fused-ring (bicyclic) bond motifs is 3. The van der Waals surface area contributed by atoms with Crippen LogP contribution < -0.4 is 5.32 Å². The summed E-state index contributed by atoms with van der Waals surface area (Å²) in [5, 5.41) is 6.35. The van der Waals surface area contributed by atoms with E-state index < -0.39 is 0 Å². The van der Waals surface area contributed by atoms with E-state index in [2.05, 4.69) is 169 Å². The van der Waals surface area contributed by atoms with E-state index in [0.717, 1.165) is 40.9 Å². The van der Waals surface area contributed by atoms with Gasteiger partial charge in [-0.15, -0.1) is 0 Å². The van der Waals surface area contributed by atoms with E-state index in [1.165, 1.54) is 44.1 Å². The lowest BCUT2D eigenvalue weighted by atomic mass is 9.90. The Labute approximate surface area is 270 Å². The predicted molar refractivity (Wildman–Crippen MR) is 195 cm³/mol. The minimum atomic E-state index is -0.361. The average molecular weight is 596 g/mol. The first-order valence-electron chi connectivity index (χ1n) is 16.4. The van der Waals surface area contributed by atoms with Crippen molar-refractivity contribution < 1.29 is 0 Å². The summed E-state index contributed by atoms with van der Waals surface area (Å²) in [4.78, 5) is 5.52. The Bertz CT molecular complexity index is 2190. The van der Waals surface area contributed by atoms with Crippen molar-refractivity contribution in [1.29, 1.82) is 0 Å². The number of aliphatic imine (C=N–C) groups is 1. The first-order chi connectivity index (χ1) is 22.7. The van der Waals surface area contributed by atoms with Gasteiger partial charge in [0.25, 0.3) is 0 Å². The van der Waals surface area contributed by atoms with E-state index in [9.17, 15) is 0 Å². The van der Waals surface area contributed by atoms with Crippen molar-refractivity contribution >= 4 is 38.8 Å². The van der Waals surface area contributed by atoms with E-state index in [0.29, 0.717) is 5.92 Å². The van der Waals surface area contributed by atoms with Gasteiger partial charge in [-0.2, -0.15) is 0 Å². The quantitative estimate of drug-likeness (QED) is 0.204. The highest BCUT2D eigenvalue weighted by atomic mass is 15.3. The minimum absolute atomic E-state index is 0.357. The van der Waals surface area contributed by atoms with E-state index >= 15 is 0 Å². The number of hydrogen-bond acceptors (Lipinski definition) is 2. The first-order valence-corrected chi connectivity index (χ1v) is 16.4. The molecular weight excluding hydrogens is 558 g/mol. The fraction of sp³-hybridized carbons (Fsp3) is 0.140. The maximum Gasteiger partial charge on any atom is 0.201 e. The SMILES string of the molecule is CC(C)c1ccc2c3ccccc3n(C3N=C(c4cccc(C5=CCCC=C5)c4)C=C(c4ccccc4)N3)c2c1-c1ccccc1. The van der Waals surface area contributed by atoms with Gasteiger partial charge in [0.05, 0.1) is 16.7 Å². The summed E-state index contributed by atoms with van der Waals surface area (Å²) in [7, 11) is 0. The normalized spacial score (nSPS) is 16.3. The Morgan fingerprint density at radius 2 is 1.41 bits per heavy atom. The van der Waals surface area contributed by atoms with Gasteiger partial charge in [0.15, 0.2) is 0 Å². The second kappa shape index (κ2) is 11.8. The van der Waals surface area contributed by atoms with Crippen molar-refractivity contribution in [3.8, 4) is 11.1 Å². The van der Waals surface area contributed by atoms with Gasteiger partial charge < -0.3 is 9.88 Å². The fourth-order valence-electron chi connectivity index (χ4n) is 7.02. The zero-order valence-electron chi connectivity index (χ0n) is 26.3. The van der Waals surface area contributed by atoms with Crippen molar-refractivity contribution in [1.82, 2.24) is 9.88 Å². The van der Waals surface area contributed by atoms with Crippen LogP contribution in [0.5, 0.6) is 0 Å². The van der Waals surface area contributed by atoms with E-state index in [4.69, 9.17) is 4.99 Å². The Balaban J connectivity index is 1.39. The molecule has 0 saturated carbocycles. The lowest BCUT2D eigenvalue weighted by molar-refractivity contribution is 0.508. The molecule has 0 amide bonds. The second-order valence-corrected chi connectivity index (χ2v) is 12.5. The summed E-state index contributed by atoms with van der Waals surface area (Å²) in [5.41, 5.74) is 13.0. The van der Waals surface area contributed by atoms with Gasteiger partial charge in [-0.25, -0.2) is 4.99 Å². The van der Waals surface area contributed by atoms with Gasteiger partial charge in [0, 0.05) is 27.6 Å². The third-order valence-electron chi connectivity index (χ3n) is 9.23. The molecule has 1 aliphatic carbocycles. The molecule has 1 aromatic heterocycles. The van der Waals surface area contributed by atoms with Crippen LogP contribution >= 0.6 is 0 Å². The molecule has 2 aliphatic rings.